The number of likely N-dealkylation sites (tertiary alicyclic amines) is 1. The number of nitrogens with zero attached hydrogens (tertiary/aromatic N) is 2. The van der Waals surface area contributed by atoms with Gasteiger partial charge in [-0.05, 0) is 38.7 Å². The van der Waals surface area contributed by atoms with Gasteiger partial charge in [-0.15, -0.1) is 0 Å². The lowest BCUT2D eigenvalue weighted by atomic mass is 10.2. The summed E-state index contributed by atoms with van der Waals surface area (Å²) in [5, 5.41) is 12.5. The number of aromatic nitrogens is 1. The van der Waals surface area contributed by atoms with E-state index in [2.05, 4.69) is 10.3 Å². The minimum Gasteiger partial charge on any atom is -0.475 e. The molecule has 1 saturated heterocycles. The highest BCUT2D eigenvalue weighted by molar-refractivity contribution is 5.87. The molecule has 1 aromatic heterocycles. The first kappa shape index (κ1) is 18.2. The van der Waals surface area contributed by atoms with Crippen molar-refractivity contribution < 1.29 is 19.4 Å². The first-order chi connectivity index (χ1) is 11.5. The predicted molar refractivity (Wildman–Crippen MR) is 88.3 cm³/mol. The quantitative estimate of drug-likeness (QED) is 0.804. The van der Waals surface area contributed by atoms with Crippen molar-refractivity contribution in [3.05, 3.63) is 23.9 Å². The Labute approximate surface area is 142 Å². The summed E-state index contributed by atoms with van der Waals surface area (Å²) in [7, 11) is 0. The molecule has 0 saturated carbocycles. The van der Waals surface area contributed by atoms with Crippen LogP contribution in [0, 0.1) is 0 Å². The van der Waals surface area contributed by atoms with Crippen LogP contribution in [-0.2, 0) is 16.1 Å². The Kier molecular flexibility index (Phi) is 6.54. The van der Waals surface area contributed by atoms with E-state index in [1.54, 1.807) is 12.3 Å². The van der Waals surface area contributed by atoms with Crippen molar-refractivity contribution >= 4 is 11.8 Å². The molecule has 7 nitrogen and oxygen atoms in total. The van der Waals surface area contributed by atoms with Gasteiger partial charge in [-0.3, -0.25) is 9.59 Å². The molecule has 2 rings (SSSR count). The molecule has 0 radical (unpaired) electrons. The normalized spacial score (nSPS) is 18.4. The standard InChI is InChI=1S/C17H25N3O4/c1-12(2)24-16-7-6-13(10-19-16)9-18-15(22)11-20-8-4-3-5-14(21)17(20)23/h6-7,10,12,14,21H,3-5,8-9,11H2,1-2H3,(H,18,22). The number of nitrogens with one attached hydrogen (secondary N) is 1. The fourth-order valence-corrected chi connectivity index (χ4v) is 2.50. The Hall–Kier alpha value is -2.15. The minimum absolute atomic E-state index is 0.0299. The van der Waals surface area contributed by atoms with Crippen LogP contribution in [0.5, 0.6) is 5.88 Å². The third-order valence-electron chi connectivity index (χ3n) is 3.73. The highest BCUT2D eigenvalue weighted by Gasteiger charge is 2.26. The first-order valence-corrected chi connectivity index (χ1v) is 8.31. The molecule has 7 heteroatoms. The summed E-state index contributed by atoms with van der Waals surface area (Å²) in [6.45, 7) is 4.66. The molecule has 0 aliphatic carbocycles. The summed E-state index contributed by atoms with van der Waals surface area (Å²) in [5.41, 5.74) is 0.849. The maximum Gasteiger partial charge on any atom is 0.251 e. The third-order valence-corrected chi connectivity index (χ3v) is 3.73. The van der Waals surface area contributed by atoms with Crippen molar-refractivity contribution in [3.8, 4) is 5.88 Å². The molecule has 132 valence electrons. The molecule has 1 aliphatic heterocycles. The maximum absolute atomic E-state index is 12.0. The van der Waals surface area contributed by atoms with Gasteiger partial charge < -0.3 is 20.1 Å². The molecular formula is C17H25N3O4. The Bertz CT molecular complexity index is 559. The van der Waals surface area contributed by atoms with Gasteiger partial charge in [0.25, 0.3) is 5.91 Å². The smallest absolute Gasteiger partial charge is 0.251 e. The number of hydrogen-bond donors (Lipinski definition) is 2. The molecule has 0 bridgehead atoms. The van der Waals surface area contributed by atoms with E-state index in [0.717, 1.165) is 18.4 Å². The molecule has 2 heterocycles. The Balaban J connectivity index is 1.81. The molecule has 1 aliphatic rings. The largest absolute Gasteiger partial charge is 0.475 e. The number of aliphatic hydroxyl groups is 1. The lowest BCUT2D eigenvalue weighted by Crippen LogP contribution is -2.44. The monoisotopic (exact) mass is 335 g/mol. The van der Waals surface area contributed by atoms with Crippen LogP contribution >= 0.6 is 0 Å². The molecule has 1 unspecified atom stereocenters. The van der Waals surface area contributed by atoms with Gasteiger partial charge in [-0.2, -0.15) is 0 Å². The van der Waals surface area contributed by atoms with Gasteiger partial charge in [0.2, 0.25) is 11.8 Å². The summed E-state index contributed by atoms with van der Waals surface area (Å²) < 4.78 is 5.46. The van der Waals surface area contributed by atoms with E-state index in [9.17, 15) is 14.7 Å². The second-order valence-corrected chi connectivity index (χ2v) is 6.22. The summed E-state index contributed by atoms with van der Waals surface area (Å²) >= 11 is 0. The highest BCUT2D eigenvalue weighted by atomic mass is 16.5. The van der Waals surface area contributed by atoms with Crippen LogP contribution in [0.2, 0.25) is 0 Å². The number of carbonyl (C=O) groups is 2. The van der Waals surface area contributed by atoms with Crippen molar-refractivity contribution in [2.75, 3.05) is 13.1 Å². The average Bonchev–Trinajstić information content (AvgIpc) is 2.69. The van der Waals surface area contributed by atoms with Gasteiger partial charge in [0.15, 0.2) is 0 Å². The van der Waals surface area contributed by atoms with E-state index in [0.29, 0.717) is 25.4 Å². The molecule has 1 fully saturated rings. The fraction of sp³-hybridized carbons (Fsp3) is 0.588. The van der Waals surface area contributed by atoms with Crippen LogP contribution in [0.1, 0.15) is 38.7 Å². The van der Waals surface area contributed by atoms with Gasteiger partial charge >= 0.3 is 0 Å². The zero-order chi connectivity index (χ0) is 17.5. The van der Waals surface area contributed by atoms with Gasteiger partial charge in [0, 0.05) is 25.4 Å². The molecular weight excluding hydrogens is 310 g/mol. The molecule has 0 spiro atoms. The van der Waals surface area contributed by atoms with E-state index in [1.807, 2.05) is 19.9 Å². The number of rotatable bonds is 6. The van der Waals surface area contributed by atoms with Gasteiger partial charge in [0.1, 0.15) is 6.10 Å². The number of ether oxygens (including phenoxy) is 1. The van der Waals surface area contributed by atoms with Crippen molar-refractivity contribution in [1.82, 2.24) is 15.2 Å². The number of carbonyl (C=O) groups excluding carboxylic acids is 2. The van der Waals surface area contributed by atoms with E-state index in [-0.39, 0.29) is 24.5 Å². The number of aliphatic hydroxyl groups excluding tert-OH is 1. The summed E-state index contributed by atoms with van der Waals surface area (Å²) in [6, 6.07) is 3.60. The number of hydrogen-bond acceptors (Lipinski definition) is 5. The SMILES string of the molecule is CC(C)Oc1ccc(CNC(=O)CN2CCCCC(O)C2=O)cn1. The zero-order valence-corrected chi connectivity index (χ0v) is 14.2. The van der Waals surface area contributed by atoms with Crippen LogP contribution in [0.15, 0.2) is 18.3 Å². The van der Waals surface area contributed by atoms with Crippen LogP contribution in [0.25, 0.3) is 0 Å². The highest BCUT2D eigenvalue weighted by Crippen LogP contribution is 2.12. The third kappa shape index (κ3) is 5.49. The summed E-state index contributed by atoms with van der Waals surface area (Å²) in [4.78, 5) is 29.6. The molecule has 1 atom stereocenters. The maximum atomic E-state index is 12.0. The van der Waals surface area contributed by atoms with Crippen molar-refractivity contribution in [2.45, 2.75) is 51.9 Å². The summed E-state index contributed by atoms with van der Waals surface area (Å²) in [5.74, 6) is -0.0660. The Morgan fingerprint density at radius 1 is 1.46 bits per heavy atom. The van der Waals surface area contributed by atoms with Crippen molar-refractivity contribution in [1.29, 1.82) is 0 Å². The summed E-state index contributed by atoms with van der Waals surface area (Å²) in [6.07, 6.45) is 2.79. The van der Waals surface area contributed by atoms with Crippen LogP contribution < -0.4 is 10.1 Å². The minimum atomic E-state index is -0.988. The Morgan fingerprint density at radius 2 is 2.25 bits per heavy atom. The number of amides is 2. The van der Waals surface area contributed by atoms with Crippen molar-refractivity contribution in [3.63, 3.8) is 0 Å². The van der Waals surface area contributed by atoms with Gasteiger partial charge in [0.05, 0.1) is 12.6 Å². The molecule has 2 N–H and O–H groups in total. The van der Waals surface area contributed by atoms with Crippen LogP contribution in [0.4, 0.5) is 0 Å². The topological polar surface area (TPSA) is 91.8 Å². The second-order valence-electron chi connectivity index (χ2n) is 6.22. The molecule has 1 aromatic rings. The fourth-order valence-electron chi connectivity index (χ4n) is 2.50. The average molecular weight is 335 g/mol. The lowest BCUT2D eigenvalue weighted by Gasteiger charge is -2.21. The molecule has 2 amide bonds. The Morgan fingerprint density at radius 3 is 2.92 bits per heavy atom. The van der Waals surface area contributed by atoms with Crippen LogP contribution in [-0.4, -0.2) is 52.1 Å². The van der Waals surface area contributed by atoms with Crippen LogP contribution in [0.3, 0.4) is 0 Å². The van der Waals surface area contributed by atoms with Crippen molar-refractivity contribution in [2.24, 2.45) is 0 Å². The predicted octanol–water partition coefficient (Wildman–Crippen LogP) is 0.858. The van der Waals surface area contributed by atoms with E-state index in [1.165, 1.54) is 4.90 Å². The van der Waals surface area contributed by atoms with E-state index < -0.39 is 6.10 Å². The number of pyridine rings is 1. The lowest BCUT2D eigenvalue weighted by molar-refractivity contribution is -0.142. The second kappa shape index (κ2) is 8.63. The van der Waals surface area contributed by atoms with E-state index >= 15 is 0 Å². The first-order valence-electron chi connectivity index (χ1n) is 8.31. The van der Waals surface area contributed by atoms with Gasteiger partial charge in [-0.25, -0.2) is 4.98 Å². The van der Waals surface area contributed by atoms with E-state index in [4.69, 9.17) is 4.74 Å². The zero-order valence-electron chi connectivity index (χ0n) is 14.2. The molecule has 0 aromatic carbocycles. The molecule has 24 heavy (non-hydrogen) atoms. The van der Waals surface area contributed by atoms with Gasteiger partial charge in [-0.1, -0.05) is 6.07 Å².